The molecule has 1 fully saturated rings. The quantitative estimate of drug-likeness (QED) is 0.648. The summed E-state index contributed by atoms with van der Waals surface area (Å²) in [6.07, 6.45) is 7.17. The number of amides is 2. The van der Waals surface area contributed by atoms with E-state index >= 15 is 0 Å². The van der Waals surface area contributed by atoms with E-state index < -0.39 is 0 Å². The minimum Gasteiger partial charge on any atom is -0.366 e. The first-order valence-electron chi connectivity index (χ1n) is 9.14. The van der Waals surface area contributed by atoms with Crippen molar-refractivity contribution < 1.29 is 4.79 Å². The molecule has 1 saturated heterocycles. The van der Waals surface area contributed by atoms with Gasteiger partial charge in [-0.15, -0.1) is 0 Å². The van der Waals surface area contributed by atoms with E-state index in [1.165, 1.54) is 0 Å². The van der Waals surface area contributed by atoms with Crippen LogP contribution in [0.4, 0.5) is 10.6 Å². The lowest BCUT2D eigenvalue weighted by atomic mass is 9.93. The van der Waals surface area contributed by atoms with Crippen molar-refractivity contribution in [1.29, 1.82) is 0 Å². The van der Waals surface area contributed by atoms with Crippen LogP contribution in [-0.4, -0.2) is 51.4 Å². The summed E-state index contributed by atoms with van der Waals surface area (Å²) in [5.74, 6) is 1.21. The number of hydrogen-bond acceptors (Lipinski definition) is 5. The third kappa shape index (κ3) is 3.58. The molecule has 0 spiro atoms. The smallest absolute Gasteiger partial charge is 0.314 e. The molecule has 0 atom stereocenters. The zero-order valence-corrected chi connectivity index (χ0v) is 15.3. The molecule has 27 heavy (non-hydrogen) atoms. The standard InChI is InChI=1S/C18H22BN7O/c19-14-11-23-26-16(22-10-12-2-1-5-21-9-12)8-15(24-17(14)26)13-3-6-25(7-4-13)18(20)27/h1-2,5,8-9,11,13,22H,3-4,6-7,10,19H2,(H2,20,27). The number of nitrogens with zero attached hydrogens (tertiary/aromatic N) is 5. The molecule has 0 aliphatic carbocycles. The van der Waals surface area contributed by atoms with Gasteiger partial charge in [-0.3, -0.25) is 4.98 Å². The number of nitrogens with one attached hydrogen (secondary N) is 1. The van der Waals surface area contributed by atoms with Crippen LogP contribution in [0.25, 0.3) is 5.65 Å². The van der Waals surface area contributed by atoms with Crippen LogP contribution in [0.5, 0.6) is 0 Å². The van der Waals surface area contributed by atoms with Crippen molar-refractivity contribution in [3.63, 3.8) is 0 Å². The molecule has 3 N–H and O–H groups in total. The molecule has 3 aromatic rings. The number of fused-ring (bicyclic) bond motifs is 1. The maximum Gasteiger partial charge on any atom is 0.314 e. The van der Waals surface area contributed by atoms with Crippen LogP contribution in [0, 0.1) is 0 Å². The molecule has 0 bridgehead atoms. The molecule has 0 unspecified atom stereocenters. The van der Waals surface area contributed by atoms with E-state index in [1.807, 2.05) is 36.9 Å². The van der Waals surface area contributed by atoms with Gasteiger partial charge in [0.1, 0.15) is 13.7 Å². The third-order valence-corrected chi connectivity index (χ3v) is 5.09. The van der Waals surface area contributed by atoms with Crippen LogP contribution >= 0.6 is 0 Å². The van der Waals surface area contributed by atoms with E-state index in [-0.39, 0.29) is 6.03 Å². The second kappa shape index (κ2) is 7.26. The average Bonchev–Trinajstić information content (AvgIpc) is 3.08. The van der Waals surface area contributed by atoms with Gasteiger partial charge in [0.05, 0.1) is 0 Å². The number of hydrogen-bond donors (Lipinski definition) is 2. The van der Waals surface area contributed by atoms with Gasteiger partial charge in [-0.25, -0.2) is 9.78 Å². The van der Waals surface area contributed by atoms with Gasteiger partial charge in [-0.05, 0) is 29.9 Å². The van der Waals surface area contributed by atoms with E-state index in [4.69, 9.17) is 10.7 Å². The van der Waals surface area contributed by atoms with Crippen molar-refractivity contribution in [1.82, 2.24) is 24.5 Å². The van der Waals surface area contributed by atoms with Crippen molar-refractivity contribution in [2.24, 2.45) is 5.73 Å². The van der Waals surface area contributed by atoms with E-state index in [2.05, 4.69) is 21.5 Å². The average molecular weight is 363 g/mol. The number of likely N-dealkylation sites (tertiary alicyclic amines) is 1. The Labute approximate surface area is 158 Å². The molecule has 1 aliphatic rings. The van der Waals surface area contributed by atoms with Crippen LogP contribution in [0.15, 0.2) is 36.8 Å². The normalized spacial score (nSPS) is 15.2. The van der Waals surface area contributed by atoms with Crippen LogP contribution < -0.4 is 16.5 Å². The number of rotatable bonds is 4. The lowest BCUT2D eigenvalue weighted by Crippen LogP contribution is -2.41. The summed E-state index contributed by atoms with van der Waals surface area (Å²) < 4.78 is 1.84. The highest BCUT2D eigenvalue weighted by Gasteiger charge is 2.24. The lowest BCUT2D eigenvalue weighted by Gasteiger charge is -2.30. The van der Waals surface area contributed by atoms with Crippen molar-refractivity contribution in [3.05, 3.63) is 48.0 Å². The predicted octanol–water partition coefficient (Wildman–Crippen LogP) is 0.253. The Balaban J connectivity index is 1.60. The summed E-state index contributed by atoms with van der Waals surface area (Å²) in [6, 6.07) is 5.69. The van der Waals surface area contributed by atoms with E-state index in [0.717, 1.165) is 41.0 Å². The van der Waals surface area contributed by atoms with Gasteiger partial charge < -0.3 is 16.0 Å². The topological polar surface area (TPSA) is 101 Å². The van der Waals surface area contributed by atoms with Gasteiger partial charge in [-0.1, -0.05) is 6.07 Å². The Kier molecular flexibility index (Phi) is 4.66. The molecule has 0 radical (unpaired) electrons. The number of nitrogens with two attached hydrogens (primary N) is 1. The zero-order valence-electron chi connectivity index (χ0n) is 15.3. The molecule has 0 saturated carbocycles. The van der Waals surface area contributed by atoms with Gasteiger partial charge in [0, 0.05) is 55.9 Å². The number of piperidine rings is 1. The first-order chi connectivity index (χ1) is 13.1. The minimum absolute atomic E-state index is 0.304. The highest BCUT2D eigenvalue weighted by molar-refractivity contribution is 6.36. The van der Waals surface area contributed by atoms with Crippen LogP contribution in [0.1, 0.15) is 30.0 Å². The molecule has 9 heteroatoms. The van der Waals surface area contributed by atoms with Crippen LogP contribution in [0.3, 0.4) is 0 Å². The third-order valence-electron chi connectivity index (χ3n) is 5.09. The SMILES string of the molecule is Bc1cnn2c(NCc3cccnc3)cc(C3CCN(C(N)=O)CC3)nc12. The molecular formula is C18H22BN7O. The molecule has 0 aromatic carbocycles. The van der Waals surface area contributed by atoms with Crippen molar-refractivity contribution in [2.75, 3.05) is 18.4 Å². The van der Waals surface area contributed by atoms with Crippen molar-refractivity contribution >= 4 is 30.8 Å². The molecular weight excluding hydrogens is 341 g/mol. The van der Waals surface area contributed by atoms with Crippen molar-refractivity contribution in [3.8, 4) is 0 Å². The fourth-order valence-corrected chi connectivity index (χ4v) is 3.52. The number of carbonyl (C=O) groups is 1. The highest BCUT2D eigenvalue weighted by Crippen LogP contribution is 2.28. The number of urea groups is 1. The summed E-state index contributed by atoms with van der Waals surface area (Å²) >= 11 is 0. The first-order valence-corrected chi connectivity index (χ1v) is 9.14. The molecule has 4 rings (SSSR count). The molecule has 3 aromatic heterocycles. The number of carbonyl (C=O) groups excluding carboxylic acids is 1. The van der Waals surface area contributed by atoms with E-state index in [9.17, 15) is 4.79 Å². The minimum atomic E-state index is -0.345. The Hall–Kier alpha value is -3.10. The fourth-order valence-electron chi connectivity index (χ4n) is 3.52. The van der Waals surface area contributed by atoms with E-state index in [1.54, 1.807) is 11.1 Å². The summed E-state index contributed by atoms with van der Waals surface area (Å²) in [5.41, 5.74) is 9.42. The van der Waals surface area contributed by atoms with Crippen molar-refractivity contribution in [2.45, 2.75) is 25.3 Å². The molecule has 2 amide bonds. The maximum absolute atomic E-state index is 11.4. The highest BCUT2D eigenvalue weighted by atomic mass is 16.2. The number of aromatic nitrogens is 4. The Morgan fingerprint density at radius 3 is 2.85 bits per heavy atom. The van der Waals surface area contributed by atoms with E-state index in [0.29, 0.717) is 25.6 Å². The van der Waals surface area contributed by atoms with Crippen LogP contribution in [0.2, 0.25) is 0 Å². The fraction of sp³-hybridized carbons (Fsp3) is 0.333. The zero-order chi connectivity index (χ0) is 18.8. The van der Waals surface area contributed by atoms with Gasteiger partial charge >= 0.3 is 6.03 Å². The summed E-state index contributed by atoms with van der Waals surface area (Å²) in [4.78, 5) is 22.1. The molecule has 8 nitrogen and oxygen atoms in total. The largest absolute Gasteiger partial charge is 0.366 e. The molecule has 4 heterocycles. The van der Waals surface area contributed by atoms with Crippen LogP contribution in [-0.2, 0) is 6.54 Å². The predicted molar refractivity (Wildman–Crippen MR) is 106 cm³/mol. The summed E-state index contributed by atoms with van der Waals surface area (Å²) in [7, 11) is 2.01. The van der Waals surface area contributed by atoms with Gasteiger partial charge in [0.25, 0.3) is 0 Å². The maximum atomic E-state index is 11.4. The number of anilines is 1. The number of pyridine rings is 1. The number of primary amides is 1. The second-order valence-electron chi connectivity index (χ2n) is 6.94. The lowest BCUT2D eigenvalue weighted by molar-refractivity contribution is 0.190. The van der Waals surface area contributed by atoms with Gasteiger partial charge in [-0.2, -0.15) is 9.61 Å². The Bertz CT molecular complexity index is 951. The molecule has 138 valence electrons. The summed E-state index contributed by atoms with van der Waals surface area (Å²) in [5, 5.41) is 7.92. The Morgan fingerprint density at radius 2 is 2.15 bits per heavy atom. The Morgan fingerprint density at radius 1 is 1.33 bits per heavy atom. The van der Waals surface area contributed by atoms with Gasteiger partial charge in [0.15, 0.2) is 5.65 Å². The first kappa shape index (κ1) is 17.3. The second-order valence-corrected chi connectivity index (χ2v) is 6.94. The summed E-state index contributed by atoms with van der Waals surface area (Å²) in [6.45, 7) is 2.00. The molecule has 1 aliphatic heterocycles. The van der Waals surface area contributed by atoms with Gasteiger partial charge in [0.2, 0.25) is 0 Å². The monoisotopic (exact) mass is 363 g/mol.